The van der Waals surface area contributed by atoms with Crippen molar-refractivity contribution in [3.05, 3.63) is 100 Å². The zero-order valence-corrected chi connectivity index (χ0v) is 15.2. The molecule has 6 nitrogen and oxygen atoms in total. The summed E-state index contributed by atoms with van der Waals surface area (Å²) in [5.74, 6) is -1.15. The molecule has 6 heteroatoms. The third-order valence-corrected chi connectivity index (χ3v) is 4.81. The number of nitrogens with two attached hydrogens (primary N) is 2. The first-order valence-corrected chi connectivity index (χ1v) is 8.80. The van der Waals surface area contributed by atoms with Crippen molar-refractivity contribution in [1.29, 1.82) is 0 Å². The van der Waals surface area contributed by atoms with E-state index in [9.17, 15) is 19.5 Å². The summed E-state index contributed by atoms with van der Waals surface area (Å²) in [4.78, 5) is 37.1. The van der Waals surface area contributed by atoms with Gasteiger partial charge in [-0.05, 0) is 48.6 Å². The summed E-state index contributed by atoms with van der Waals surface area (Å²) in [6, 6.07) is 9.34. The lowest BCUT2D eigenvalue weighted by atomic mass is 10.1. The number of carbonyl (C=O) groups excluding carboxylic acids is 3. The fourth-order valence-electron chi connectivity index (χ4n) is 3.37. The van der Waals surface area contributed by atoms with E-state index in [2.05, 4.69) is 0 Å². The molecular weight excluding hydrogens is 368 g/mol. The maximum Gasteiger partial charge on any atom is 0.197 e. The van der Waals surface area contributed by atoms with E-state index in [1.165, 1.54) is 24.3 Å². The highest BCUT2D eigenvalue weighted by atomic mass is 16.3. The number of anilines is 2. The number of carbonyl (C=O) groups is 3. The number of nitrogen functional groups attached to an aromatic ring is 2. The molecule has 0 aliphatic heterocycles. The highest BCUT2D eigenvalue weighted by Gasteiger charge is 2.32. The van der Waals surface area contributed by atoms with Crippen molar-refractivity contribution in [2.45, 2.75) is 0 Å². The first-order valence-electron chi connectivity index (χ1n) is 8.80. The first-order chi connectivity index (χ1) is 13.9. The average Bonchev–Trinajstić information content (AvgIpc) is 3.07. The molecule has 142 valence electrons. The van der Waals surface area contributed by atoms with E-state index in [-0.39, 0.29) is 34.3 Å². The molecule has 5 N–H and O–H groups in total. The van der Waals surface area contributed by atoms with Gasteiger partial charge in [0.2, 0.25) is 0 Å². The van der Waals surface area contributed by atoms with Crippen molar-refractivity contribution >= 4 is 34.5 Å². The average molecular weight is 384 g/mol. The Labute approximate surface area is 166 Å². The zero-order chi connectivity index (χ0) is 20.7. The Morgan fingerprint density at radius 2 is 1.28 bits per heavy atom. The molecular formula is C23H16N2O4. The Morgan fingerprint density at radius 1 is 0.690 bits per heavy atom. The summed E-state index contributed by atoms with van der Waals surface area (Å²) in [5.41, 5.74) is 13.9. The molecule has 29 heavy (non-hydrogen) atoms. The fourth-order valence-corrected chi connectivity index (χ4v) is 3.37. The van der Waals surface area contributed by atoms with Gasteiger partial charge in [0.15, 0.2) is 17.3 Å². The van der Waals surface area contributed by atoms with Crippen LogP contribution in [0.15, 0.2) is 77.9 Å². The molecule has 4 rings (SSSR count). The molecule has 0 heterocycles. The van der Waals surface area contributed by atoms with Gasteiger partial charge in [-0.3, -0.25) is 14.4 Å². The molecule has 0 saturated heterocycles. The Bertz CT molecular complexity index is 1230. The van der Waals surface area contributed by atoms with Crippen molar-refractivity contribution in [3.63, 3.8) is 0 Å². The van der Waals surface area contributed by atoms with Crippen LogP contribution in [0.5, 0.6) is 0 Å². The Morgan fingerprint density at radius 3 is 1.97 bits per heavy atom. The topological polar surface area (TPSA) is 123 Å². The molecule has 0 fully saturated rings. The van der Waals surface area contributed by atoms with Gasteiger partial charge < -0.3 is 16.6 Å². The number of ketones is 3. The van der Waals surface area contributed by atoms with Crippen LogP contribution < -0.4 is 11.5 Å². The van der Waals surface area contributed by atoms with Gasteiger partial charge in [0.05, 0.1) is 11.1 Å². The monoisotopic (exact) mass is 384 g/mol. The smallest absolute Gasteiger partial charge is 0.197 e. The maximum absolute atomic E-state index is 12.4. The van der Waals surface area contributed by atoms with Gasteiger partial charge in [0.1, 0.15) is 5.76 Å². The van der Waals surface area contributed by atoms with E-state index in [1.54, 1.807) is 42.5 Å². The normalized spacial score (nSPS) is 17.2. The SMILES string of the molecule is Nc1ccc2c(c1)C(=O)C(=CC=CC=CC1=C(O)c3cc(N)ccc3C1=O)C2=O. The predicted molar refractivity (Wildman–Crippen MR) is 111 cm³/mol. The minimum Gasteiger partial charge on any atom is -0.507 e. The summed E-state index contributed by atoms with van der Waals surface area (Å²) in [6.45, 7) is 0. The van der Waals surface area contributed by atoms with Crippen LogP contribution in [0.2, 0.25) is 0 Å². The van der Waals surface area contributed by atoms with E-state index in [1.807, 2.05) is 0 Å². The van der Waals surface area contributed by atoms with Crippen molar-refractivity contribution in [3.8, 4) is 0 Å². The minimum atomic E-state index is -0.370. The van der Waals surface area contributed by atoms with E-state index < -0.39 is 0 Å². The minimum absolute atomic E-state index is 0.0529. The van der Waals surface area contributed by atoms with Crippen LogP contribution in [0, 0.1) is 0 Å². The van der Waals surface area contributed by atoms with Gasteiger partial charge in [-0.2, -0.15) is 0 Å². The lowest BCUT2D eigenvalue weighted by molar-refractivity contribution is 0.0986. The van der Waals surface area contributed by atoms with Gasteiger partial charge in [-0.25, -0.2) is 0 Å². The predicted octanol–water partition coefficient (Wildman–Crippen LogP) is 3.43. The summed E-state index contributed by atoms with van der Waals surface area (Å²) in [7, 11) is 0. The van der Waals surface area contributed by atoms with Crippen LogP contribution in [0.3, 0.4) is 0 Å². The van der Waals surface area contributed by atoms with E-state index in [4.69, 9.17) is 11.5 Å². The number of hydrogen-bond donors (Lipinski definition) is 3. The standard InChI is InChI=1S/C23H16N2O4/c24-12-6-8-14-18(10-12)22(28)16(20(14)26)4-2-1-3-5-17-21(27)15-9-7-13(25)11-19(15)23(17)29/h1-11,28H,24-25H2. The number of rotatable bonds is 3. The van der Waals surface area contributed by atoms with Crippen LogP contribution in [0.4, 0.5) is 11.4 Å². The van der Waals surface area contributed by atoms with Crippen molar-refractivity contribution in [2.75, 3.05) is 11.5 Å². The Hall–Kier alpha value is -4.19. The largest absolute Gasteiger partial charge is 0.507 e. The van der Waals surface area contributed by atoms with Crippen LogP contribution in [0.1, 0.15) is 36.6 Å². The lowest BCUT2D eigenvalue weighted by Gasteiger charge is -1.99. The lowest BCUT2D eigenvalue weighted by Crippen LogP contribution is -1.99. The number of fused-ring (bicyclic) bond motifs is 2. The number of benzene rings is 2. The van der Waals surface area contributed by atoms with Crippen LogP contribution in [-0.2, 0) is 0 Å². The third kappa shape index (κ3) is 2.96. The molecule has 0 aromatic heterocycles. The molecule has 2 aliphatic rings. The summed E-state index contributed by atoms with van der Waals surface area (Å²) >= 11 is 0. The Kier molecular flexibility index (Phi) is 4.24. The Balaban J connectivity index is 1.53. The van der Waals surface area contributed by atoms with Gasteiger partial charge in [0.25, 0.3) is 0 Å². The second-order valence-corrected chi connectivity index (χ2v) is 6.68. The number of aliphatic hydroxyl groups is 1. The van der Waals surface area contributed by atoms with E-state index in [0.717, 1.165) is 0 Å². The van der Waals surface area contributed by atoms with Crippen LogP contribution >= 0.6 is 0 Å². The number of Topliss-reactive ketones (excluding diaryl/α,β-unsaturated/α-hetero) is 3. The van der Waals surface area contributed by atoms with Gasteiger partial charge in [-0.15, -0.1) is 0 Å². The molecule has 0 unspecified atom stereocenters. The molecule has 0 spiro atoms. The van der Waals surface area contributed by atoms with E-state index >= 15 is 0 Å². The maximum atomic E-state index is 12.4. The molecule has 2 aromatic rings. The zero-order valence-electron chi connectivity index (χ0n) is 15.2. The second-order valence-electron chi connectivity index (χ2n) is 6.68. The third-order valence-electron chi connectivity index (χ3n) is 4.81. The van der Waals surface area contributed by atoms with E-state index in [0.29, 0.717) is 33.6 Å². The molecule has 2 aromatic carbocycles. The highest BCUT2D eigenvalue weighted by Crippen LogP contribution is 2.33. The molecule has 0 saturated carbocycles. The number of allylic oxidation sites excluding steroid dienone is 7. The van der Waals surface area contributed by atoms with Crippen LogP contribution in [-0.4, -0.2) is 22.5 Å². The van der Waals surface area contributed by atoms with Gasteiger partial charge in [0, 0.05) is 33.6 Å². The molecule has 0 bridgehead atoms. The second kappa shape index (κ2) is 6.76. The molecule has 0 atom stereocenters. The number of hydrogen-bond acceptors (Lipinski definition) is 6. The van der Waals surface area contributed by atoms with Crippen molar-refractivity contribution in [2.24, 2.45) is 0 Å². The van der Waals surface area contributed by atoms with Crippen molar-refractivity contribution in [1.82, 2.24) is 0 Å². The quantitative estimate of drug-likeness (QED) is 0.322. The molecule has 0 radical (unpaired) electrons. The summed E-state index contributed by atoms with van der Waals surface area (Å²) in [5, 5.41) is 10.3. The van der Waals surface area contributed by atoms with Gasteiger partial charge in [-0.1, -0.05) is 18.2 Å². The molecule has 0 amide bonds. The summed E-state index contributed by atoms with van der Waals surface area (Å²) in [6.07, 6.45) is 7.53. The fraction of sp³-hybridized carbons (Fsp3) is 0. The van der Waals surface area contributed by atoms with Crippen molar-refractivity contribution < 1.29 is 19.5 Å². The van der Waals surface area contributed by atoms with Gasteiger partial charge >= 0.3 is 0 Å². The van der Waals surface area contributed by atoms with Crippen LogP contribution in [0.25, 0.3) is 5.76 Å². The summed E-state index contributed by atoms with van der Waals surface area (Å²) < 4.78 is 0. The first kappa shape index (κ1) is 18.2. The number of aliphatic hydroxyl groups excluding tert-OH is 1. The molecule has 2 aliphatic carbocycles. The highest BCUT2D eigenvalue weighted by molar-refractivity contribution is 6.39.